The zero-order chi connectivity index (χ0) is 16.9. The first kappa shape index (κ1) is 19.0. The summed E-state index contributed by atoms with van der Waals surface area (Å²) >= 11 is 3.47. The molecule has 0 saturated carbocycles. The highest BCUT2D eigenvalue weighted by Gasteiger charge is 2.20. The zero-order valence-electron chi connectivity index (χ0n) is 14.1. The third-order valence-corrected chi connectivity index (χ3v) is 3.61. The Balaban J connectivity index is 2.35. The van der Waals surface area contributed by atoms with Gasteiger partial charge in [0.2, 0.25) is 0 Å². The Labute approximate surface area is 140 Å². The number of rotatable bonds is 6. The van der Waals surface area contributed by atoms with E-state index in [0.717, 1.165) is 15.9 Å². The highest BCUT2D eigenvalue weighted by Crippen LogP contribution is 2.28. The highest BCUT2D eigenvalue weighted by molar-refractivity contribution is 9.10. The van der Waals surface area contributed by atoms with E-state index in [0.29, 0.717) is 19.8 Å². The molecular weight excluding hydrogens is 352 g/mol. The lowest BCUT2D eigenvalue weighted by molar-refractivity contribution is 0.0218. The van der Waals surface area contributed by atoms with Crippen molar-refractivity contribution in [3.05, 3.63) is 15.9 Å². The molecule has 7 heteroatoms. The summed E-state index contributed by atoms with van der Waals surface area (Å²) in [6, 6.07) is 0. The van der Waals surface area contributed by atoms with Gasteiger partial charge in [0.25, 0.3) is 0 Å². The quantitative estimate of drug-likeness (QED) is 0.703. The molecule has 1 rings (SSSR count). The Morgan fingerprint density at radius 3 is 2.55 bits per heavy atom. The first-order chi connectivity index (χ1) is 10.1. The normalized spacial score (nSPS) is 11.8. The van der Waals surface area contributed by atoms with E-state index in [2.05, 4.69) is 21.1 Å². The van der Waals surface area contributed by atoms with E-state index < -0.39 is 5.60 Å². The van der Waals surface area contributed by atoms with Crippen molar-refractivity contribution in [2.45, 2.75) is 52.7 Å². The molecule has 126 valence electrons. The lowest BCUT2D eigenvalue weighted by Crippen LogP contribution is -2.36. The molecule has 0 aromatic carbocycles. The van der Waals surface area contributed by atoms with Crippen molar-refractivity contribution in [2.75, 3.05) is 20.2 Å². The van der Waals surface area contributed by atoms with Crippen LogP contribution in [0, 0.1) is 0 Å². The van der Waals surface area contributed by atoms with E-state index in [4.69, 9.17) is 14.0 Å². The first-order valence-corrected chi connectivity index (χ1v) is 8.07. The molecule has 0 unspecified atom stereocenters. The van der Waals surface area contributed by atoms with Gasteiger partial charge in [-0.1, -0.05) is 19.0 Å². The van der Waals surface area contributed by atoms with Gasteiger partial charge in [-0.2, -0.15) is 0 Å². The minimum atomic E-state index is -0.495. The van der Waals surface area contributed by atoms with Gasteiger partial charge in [-0.05, 0) is 36.7 Å². The van der Waals surface area contributed by atoms with Gasteiger partial charge in [-0.3, -0.25) is 0 Å². The topological polar surface area (TPSA) is 64.8 Å². The number of carbonyl (C=O) groups excluding carboxylic acids is 1. The SMILES string of the molecule is CC(C)c1onc(COCCN(C)C(=O)OC(C)(C)C)c1Br. The summed E-state index contributed by atoms with van der Waals surface area (Å²) < 4.78 is 16.9. The van der Waals surface area contributed by atoms with Crippen LogP contribution in [-0.4, -0.2) is 42.0 Å². The lowest BCUT2D eigenvalue weighted by atomic mass is 10.1. The van der Waals surface area contributed by atoms with Gasteiger partial charge in [0.05, 0.1) is 17.7 Å². The number of likely N-dealkylation sites (N-methyl/N-ethyl adjacent to an activating group) is 1. The van der Waals surface area contributed by atoms with Crippen molar-refractivity contribution in [3.8, 4) is 0 Å². The van der Waals surface area contributed by atoms with Crippen LogP contribution in [-0.2, 0) is 16.1 Å². The smallest absolute Gasteiger partial charge is 0.410 e. The number of amides is 1. The van der Waals surface area contributed by atoms with Crippen molar-refractivity contribution >= 4 is 22.0 Å². The van der Waals surface area contributed by atoms with Gasteiger partial charge in [0, 0.05) is 19.5 Å². The van der Waals surface area contributed by atoms with E-state index in [1.165, 1.54) is 4.90 Å². The molecular formula is C15H25BrN2O4. The van der Waals surface area contributed by atoms with Crippen LogP contribution in [0.5, 0.6) is 0 Å². The number of nitrogens with zero attached hydrogens (tertiary/aromatic N) is 2. The summed E-state index contributed by atoms with van der Waals surface area (Å²) in [5.41, 5.74) is 0.231. The fourth-order valence-corrected chi connectivity index (χ4v) is 2.29. The minimum absolute atomic E-state index is 0.258. The standard InChI is InChI=1S/C15H25BrN2O4/c1-10(2)13-12(16)11(17-22-13)9-20-8-7-18(6)14(19)21-15(3,4)5/h10H,7-9H2,1-6H3. The molecule has 0 saturated heterocycles. The van der Waals surface area contributed by atoms with E-state index >= 15 is 0 Å². The second-order valence-electron chi connectivity index (χ2n) is 6.42. The van der Waals surface area contributed by atoms with Gasteiger partial charge < -0.3 is 18.9 Å². The maximum Gasteiger partial charge on any atom is 0.410 e. The van der Waals surface area contributed by atoms with E-state index in [-0.39, 0.29) is 12.0 Å². The van der Waals surface area contributed by atoms with Gasteiger partial charge in [-0.25, -0.2) is 4.79 Å². The van der Waals surface area contributed by atoms with Crippen LogP contribution >= 0.6 is 15.9 Å². The fraction of sp³-hybridized carbons (Fsp3) is 0.733. The Morgan fingerprint density at radius 1 is 1.41 bits per heavy atom. The van der Waals surface area contributed by atoms with Crippen molar-refractivity contribution < 1.29 is 18.8 Å². The van der Waals surface area contributed by atoms with E-state index in [9.17, 15) is 4.79 Å². The molecule has 1 aromatic rings. The Morgan fingerprint density at radius 2 is 2.05 bits per heavy atom. The molecule has 6 nitrogen and oxygen atoms in total. The summed E-state index contributed by atoms with van der Waals surface area (Å²) in [7, 11) is 1.68. The molecule has 0 aliphatic rings. The van der Waals surface area contributed by atoms with Crippen LogP contribution in [0.15, 0.2) is 9.00 Å². The van der Waals surface area contributed by atoms with Gasteiger partial charge in [-0.15, -0.1) is 0 Å². The zero-order valence-corrected chi connectivity index (χ0v) is 15.7. The fourth-order valence-electron chi connectivity index (χ4n) is 1.58. The monoisotopic (exact) mass is 376 g/mol. The molecule has 0 radical (unpaired) electrons. The number of hydrogen-bond acceptors (Lipinski definition) is 5. The number of hydrogen-bond donors (Lipinski definition) is 0. The van der Waals surface area contributed by atoms with Crippen molar-refractivity contribution in [2.24, 2.45) is 0 Å². The van der Waals surface area contributed by atoms with Gasteiger partial charge in [0.15, 0.2) is 5.76 Å². The Kier molecular flexibility index (Phi) is 6.87. The summed E-state index contributed by atoms with van der Waals surface area (Å²) in [5, 5.41) is 3.99. The van der Waals surface area contributed by atoms with E-state index in [1.54, 1.807) is 7.05 Å². The molecule has 0 atom stereocenters. The van der Waals surface area contributed by atoms with Crippen LogP contribution in [0.4, 0.5) is 4.79 Å². The van der Waals surface area contributed by atoms with Crippen molar-refractivity contribution in [1.29, 1.82) is 0 Å². The molecule has 0 aliphatic carbocycles. The largest absolute Gasteiger partial charge is 0.444 e. The average molecular weight is 377 g/mol. The van der Waals surface area contributed by atoms with Crippen LogP contribution < -0.4 is 0 Å². The minimum Gasteiger partial charge on any atom is -0.444 e. The lowest BCUT2D eigenvalue weighted by Gasteiger charge is -2.24. The summed E-state index contributed by atoms with van der Waals surface area (Å²) in [6.45, 7) is 10.8. The molecule has 0 fully saturated rings. The summed E-state index contributed by atoms with van der Waals surface area (Å²) in [6.07, 6.45) is -0.360. The molecule has 22 heavy (non-hydrogen) atoms. The van der Waals surface area contributed by atoms with Gasteiger partial charge >= 0.3 is 6.09 Å². The predicted octanol–water partition coefficient (Wildman–Crippen LogP) is 3.94. The Bertz CT molecular complexity index is 494. The highest BCUT2D eigenvalue weighted by atomic mass is 79.9. The summed E-state index contributed by atoms with van der Waals surface area (Å²) in [5.74, 6) is 1.07. The van der Waals surface area contributed by atoms with Crippen LogP contribution in [0.25, 0.3) is 0 Å². The van der Waals surface area contributed by atoms with Crippen LogP contribution in [0.2, 0.25) is 0 Å². The number of carbonyl (C=O) groups is 1. The molecule has 1 amide bonds. The third kappa shape index (κ3) is 5.96. The Hall–Kier alpha value is -1.08. The number of ether oxygens (including phenoxy) is 2. The van der Waals surface area contributed by atoms with Gasteiger partial charge in [0.1, 0.15) is 11.3 Å². The third-order valence-electron chi connectivity index (χ3n) is 2.76. The second kappa shape index (κ2) is 7.97. The predicted molar refractivity (Wildman–Crippen MR) is 86.8 cm³/mol. The molecule has 0 aliphatic heterocycles. The maximum absolute atomic E-state index is 11.8. The van der Waals surface area contributed by atoms with Crippen molar-refractivity contribution in [1.82, 2.24) is 10.1 Å². The summed E-state index contributed by atoms with van der Waals surface area (Å²) in [4.78, 5) is 13.3. The molecule has 0 bridgehead atoms. The molecule has 0 N–H and O–H groups in total. The van der Waals surface area contributed by atoms with Crippen LogP contribution in [0.3, 0.4) is 0 Å². The first-order valence-electron chi connectivity index (χ1n) is 7.27. The second-order valence-corrected chi connectivity index (χ2v) is 7.21. The molecule has 1 heterocycles. The number of halogens is 1. The molecule has 0 spiro atoms. The number of aromatic nitrogens is 1. The average Bonchev–Trinajstić information content (AvgIpc) is 2.74. The molecule has 1 aromatic heterocycles. The van der Waals surface area contributed by atoms with E-state index in [1.807, 2.05) is 34.6 Å². The van der Waals surface area contributed by atoms with Crippen LogP contribution in [0.1, 0.15) is 52.0 Å². The van der Waals surface area contributed by atoms with Crippen molar-refractivity contribution in [3.63, 3.8) is 0 Å². The maximum atomic E-state index is 11.8.